The number of hydrogen-bond donors (Lipinski definition) is 2. The summed E-state index contributed by atoms with van der Waals surface area (Å²) in [6, 6.07) is 11.1. The Morgan fingerprint density at radius 2 is 1.95 bits per heavy atom. The summed E-state index contributed by atoms with van der Waals surface area (Å²) >= 11 is 5.96. The molecule has 0 radical (unpaired) electrons. The number of nitrogens with two attached hydrogens (primary N) is 1. The van der Waals surface area contributed by atoms with Crippen LogP contribution >= 0.6 is 11.6 Å². The summed E-state index contributed by atoms with van der Waals surface area (Å²) in [4.78, 5) is 12.5. The lowest BCUT2D eigenvalue weighted by Gasteiger charge is -2.07. The third-order valence-corrected chi connectivity index (χ3v) is 3.05. The first-order chi connectivity index (χ1) is 10.2. The van der Waals surface area contributed by atoms with E-state index in [4.69, 9.17) is 17.3 Å². The largest absolute Gasteiger partial charge is 0.397 e. The summed E-state index contributed by atoms with van der Waals surface area (Å²) in [5.41, 5.74) is 8.77. The highest BCUT2D eigenvalue weighted by atomic mass is 35.5. The predicted octanol–water partition coefficient (Wildman–Crippen LogP) is 3.52. The van der Waals surface area contributed by atoms with Gasteiger partial charge in [0.1, 0.15) is 12.1 Å². The molecule has 3 N–H and O–H groups in total. The van der Waals surface area contributed by atoms with Gasteiger partial charge < -0.3 is 11.1 Å². The summed E-state index contributed by atoms with van der Waals surface area (Å²) in [6.07, 6.45) is 4.79. The van der Waals surface area contributed by atoms with Gasteiger partial charge in [-0.15, -0.1) is 0 Å². The van der Waals surface area contributed by atoms with Gasteiger partial charge in [0.25, 0.3) is 0 Å². The fourth-order valence-corrected chi connectivity index (χ4v) is 2.09. The monoisotopic (exact) mass is 297 g/mol. The molecule has 6 heteroatoms. The van der Waals surface area contributed by atoms with Crippen molar-refractivity contribution in [3.63, 3.8) is 0 Å². The highest BCUT2D eigenvalue weighted by molar-refractivity contribution is 6.30. The van der Waals surface area contributed by atoms with Crippen LogP contribution < -0.4 is 11.1 Å². The predicted molar refractivity (Wildman–Crippen MR) is 84.4 cm³/mol. The third-order valence-electron chi connectivity index (χ3n) is 2.82. The van der Waals surface area contributed by atoms with Crippen molar-refractivity contribution in [1.29, 1.82) is 0 Å². The summed E-state index contributed by atoms with van der Waals surface area (Å²) in [5, 5.41) is 3.84. The van der Waals surface area contributed by atoms with E-state index >= 15 is 0 Å². The van der Waals surface area contributed by atoms with Gasteiger partial charge in [-0.2, -0.15) is 0 Å². The molecule has 0 spiro atoms. The number of aromatic nitrogens is 3. The molecule has 0 bridgehead atoms. The lowest BCUT2D eigenvalue weighted by molar-refractivity contribution is 1.17. The van der Waals surface area contributed by atoms with Gasteiger partial charge in [0.15, 0.2) is 0 Å². The lowest BCUT2D eigenvalue weighted by Crippen LogP contribution is -1.96. The Morgan fingerprint density at radius 1 is 1.05 bits per heavy atom. The van der Waals surface area contributed by atoms with Crippen molar-refractivity contribution >= 4 is 28.8 Å². The van der Waals surface area contributed by atoms with E-state index in [2.05, 4.69) is 20.3 Å². The van der Waals surface area contributed by atoms with Crippen molar-refractivity contribution < 1.29 is 0 Å². The van der Waals surface area contributed by atoms with E-state index in [-0.39, 0.29) is 0 Å². The lowest BCUT2D eigenvalue weighted by atomic mass is 10.2. The summed E-state index contributed by atoms with van der Waals surface area (Å²) in [7, 11) is 0. The van der Waals surface area contributed by atoms with Crippen molar-refractivity contribution in [2.24, 2.45) is 0 Å². The van der Waals surface area contributed by atoms with Crippen LogP contribution in [-0.4, -0.2) is 15.0 Å². The van der Waals surface area contributed by atoms with Gasteiger partial charge in [0.05, 0.1) is 11.4 Å². The van der Waals surface area contributed by atoms with Crippen LogP contribution in [-0.2, 0) is 0 Å². The second kappa shape index (κ2) is 5.76. The topological polar surface area (TPSA) is 76.7 Å². The summed E-state index contributed by atoms with van der Waals surface area (Å²) < 4.78 is 0. The number of benzene rings is 1. The van der Waals surface area contributed by atoms with E-state index in [9.17, 15) is 0 Å². The van der Waals surface area contributed by atoms with Crippen LogP contribution in [0.15, 0.2) is 55.1 Å². The molecule has 3 aromatic rings. The first-order valence-corrected chi connectivity index (χ1v) is 6.64. The molecule has 0 amide bonds. The summed E-state index contributed by atoms with van der Waals surface area (Å²) in [6.45, 7) is 0. The Labute approximate surface area is 126 Å². The minimum atomic E-state index is 0.593. The zero-order valence-corrected chi connectivity index (χ0v) is 11.7. The van der Waals surface area contributed by atoms with Crippen LogP contribution in [0, 0.1) is 0 Å². The number of rotatable bonds is 3. The number of hydrogen-bond acceptors (Lipinski definition) is 5. The molecule has 0 aliphatic carbocycles. The Balaban J connectivity index is 1.90. The van der Waals surface area contributed by atoms with Gasteiger partial charge in [0, 0.05) is 34.7 Å². The molecular weight excluding hydrogens is 286 g/mol. The maximum absolute atomic E-state index is 5.96. The first kappa shape index (κ1) is 13.3. The van der Waals surface area contributed by atoms with Crippen LogP contribution in [0.5, 0.6) is 0 Å². The molecule has 104 valence electrons. The average molecular weight is 298 g/mol. The molecule has 0 saturated carbocycles. The minimum Gasteiger partial charge on any atom is -0.397 e. The van der Waals surface area contributed by atoms with Crippen LogP contribution in [0.2, 0.25) is 5.02 Å². The van der Waals surface area contributed by atoms with E-state index < -0.39 is 0 Å². The molecule has 0 aliphatic rings. The van der Waals surface area contributed by atoms with Crippen LogP contribution in [0.25, 0.3) is 11.3 Å². The van der Waals surface area contributed by atoms with Gasteiger partial charge in [-0.1, -0.05) is 17.7 Å². The molecule has 1 aromatic carbocycles. The fourth-order valence-electron chi connectivity index (χ4n) is 1.90. The molecule has 2 heterocycles. The maximum Gasteiger partial charge on any atom is 0.134 e. The highest BCUT2D eigenvalue weighted by Crippen LogP contribution is 2.23. The maximum atomic E-state index is 5.96. The van der Waals surface area contributed by atoms with Gasteiger partial charge >= 0.3 is 0 Å². The van der Waals surface area contributed by atoms with E-state index in [1.165, 1.54) is 6.33 Å². The van der Waals surface area contributed by atoms with Crippen molar-refractivity contribution in [3.8, 4) is 11.3 Å². The molecule has 0 atom stereocenters. The van der Waals surface area contributed by atoms with Gasteiger partial charge in [-0.25, -0.2) is 9.97 Å². The smallest absolute Gasteiger partial charge is 0.134 e. The number of pyridine rings is 1. The van der Waals surface area contributed by atoms with Crippen LogP contribution in [0.3, 0.4) is 0 Å². The Hall–Kier alpha value is -2.66. The second-order valence-electron chi connectivity index (χ2n) is 4.43. The number of nitrogens with zero attached hydrogens (tertiary/aromatic N) is 3. The van der Waals surface area contributed by atoms with Crippen molar-refractivity contribution in [3.05, 3.63) is 60.1 Å². The third kappa shape index (κ3) is 3.27. The number of nitrogens with one attached hydrogen (secondary N) is 1. The Bertz CT molecular complexity index is 775. The Morgan fingerprint density at radius 3 is 2.76 bits per heavy atom. The molecular formula is C15H12ClN5. The molecule has 0 saturated heterocycles. The normalized spacial score (nSPS) is 10.3. The molecule has 3 rings (SSSR count). The molecule has 5 nitrogen and oxygen atoms in total. The summed E-state index contributed by atoms with van der Waals surface area (Å²) in [5.74, 6) is 0.671. The van der Waals surface area contributed by atoms with Crippen molar-refractivity contribution in [2.45, 2.75) is 0 Å². The van der Waals surface area contributed by atoms with Crippen molar-refractivity contribution in [1.82, 2.24) is 15.0 Å². The first-order valence-electron chi connectivity index (χ1n) is 6.26. The SMILES string of the molecule is Nc1cncc(-c2cc(Nc3cccc(Cl)c3)ncn2)c1. The number of anilines is 3. The van der Waals surface area contributed by atoms with E-state index in [0.29, 0.717) is 16.5 Å². The molecule has 2 aromatic heterocycles. The van der Waals surface area contributed by atoms with Gasteiger partial charge in [0.2, 0.25) is 0 Å². The van der Waals surface area contributed by atoms with E-state index in [1.54, 1.807) is 12.4 Å². The second-order valence-corrected chi connectivity index (χ2v) is 4.87. The molecule has 0 fully saturated rings. The van der Waals surface area contributed by atoms with E-state index in [1.807, 2.05) is 36.4 Å². The minimum absolute atomic E-state index is 0.593. The van der Waals surface area contributed by atoms with Crippen LogP contribution in [0.4, 0.5) is 17.2 Å². The Kier molecular flexibility index (Phi) is 3.66. The molecule has 21 heavy (non-hydrogen) atoms. The standard InChI is InChI=1S/C15H12ClN5/c16-11-2-1-3-13(5-11)21-15-6-14(19-9-20-15)10-4-12(17)8-18-7-10/h1-9H,17H2,(H,19,20,21). The van der Waals surface area contributed by atoms with Crippen molar-refractivity contribution in [2.75, 3.05) is 11.1 Å². The highest BCUT2D eigenvalue weighted by Gasteiger charge is 2.04. The molecule has 0 aliphatic heterocycles. The number of halogens is 1. The zero-order chi connectivity index (χ0) is 14.7. The van der Waals surface area contributed by atoms with Gasteiger partial charge in [-0.05, 0) is 24.3 Å². The molecule has 0 unspecified atom stereocenters. The van der Waals surface area contributed by atoms with Crippen LogP contribution in [0.1, 0.15) is 0 Å². The van der Waals surface area contributed by atoms with Gasteiger partial charge in [-0.3, -0.25) is 4.98 Å². The zero-order valence-electron chi connectivity index (χ0n) is 11.0. The average Bonchev–Trinajstić information content (AvgIpc) is 2.47. The number of nitrogen functional groups attached to an aromatic ring is 1. The fraction of sp³-hybridized carbons (Fsp3) is 0. The van der Waals surface area contributed by atoms with E-state index in [0.717, 1.165) is 16.9 Å². The quantitative estimate of drug-likeness (QED) is 0.773.